The molecule has 5 aromatic heterocycles. The number of aryl methyl sites for hydroxylation is 1. The minimum Gasteiger partial charge on any atom is -0.467 e. The first kappa shape index (κ1) is 77.5. The zero-order valence-corrected chi connectivity index (χ0v) is 65.3. The monoisotopic (exact) mass is 1530 g/mol. The Morgan fingerprint density at radius 2 is 0.855 bits per heavy atom. The zero-order valence-electron chi connectivity index (χ0n) is 63.6. The second kappa shape index (κ2) is 31.3. The first-order chi connectivity index (χ1) is 52.5. The molecule has 110 heavy (non-hydrogen) atoms. The molecule has 0 saturated heterocycles. The molecule has 3 aliphatic heterocycles. The maximum atomic E-state index is 14.0. The topological polar surface area (TPSA) is 230 Å². The van der Waals surface area contributed by atoms with E-state index in [0.29, 0.717) is 57.4 Å². The number of aromatic nitrogens is 7. The van der Waals surface area contributed by atoms with Crippen molar-refractivity contribution < 1.29 is 53.7 Å². The van der Waals surface area contributed by atoms with E-state index in [9.17, 15) is 34.8 Å². The summed E-state index contributed by atoms with van der Waals surface area (Å²) in [5, 5.41) is 10.4. The summed E-state index contributed by atoms with van der Waals surface area (Å²) in [5.41, 5.74) is 20.2. The van der Waals surface area contributed by atoms with Gasteiger partial charge in [0.1, 0.15) is 37.1 Å². The minimum absolute atomic E-state index is 0.0122. The van der Waals surface area contributed by atoms with Crippen LogP contribution in [0, 0.1) is 17.5 Å². The standard InChI is InChI=1S/C32H34FN3O4S.C27H29FN4O3S.C26H25FN4O2/c1-32(2,20-40-3)30-29(21-6-8-22(9-7-21)31(37)35-14-5-15-41(4,38)39)27-16-23-18-34-19-24(23)17-28(27)36(30)26-12-10-25(33)11-13-26;1-27(2,17-35-3)26-25(20-15-30-31(16-20)9-10-36(4,33)34)23-11-18-13-29-14-19(18)12-24(23)32(26)22-7-5-21(28)6-8-22;1-26(2,15-32-3)24-23(18-13-29-25(33-4)30-14-18)21-9-16-11-28-12-17(16)10-22(21)31(24)20-7-5-19(27)6-8-20/h6-13,16-17,19H,5,14-15,18,20H2,1-4H3,(H,35,37);5-8,11-12,14-16H,9-10,13,17H2,1-4H3;5-10,12-14H,11,15H2,1-4H3. The number of fused-ring (bicyclic) bond motifs is 6. The van der Waals surface area contributed by atoms with Gasteiger partial charge in [0.2, 0.25) is 0 Å². The molecule has 0 fully saturated rings. The van der Waals surface area contributed by atoms with Crippen molar-refractivity contribution in [3.05, 3.63) is 232 Å². The number of hydrogen-bond donors (Lipinski definition) is 1. The Labute approximate surface area is 638 Å². The lowest BCUT2D eigenvalue weighted by Crippen LogP contribution is -2.27. The van der Waals surface area contributed by atoms with E-state index in [1.54, 1.807) is 100 Å². The van der Waals surface area contributed by atoms with Crippen LogP contribution in [0.2, 0.25) is 0 Å². The maximum absolute atomic E-state index is 14.0. The van der Waals surface area contributed by atoms with Gasteiger partial charge in [-0.3, -0.25) is 24.5 Å². The van der Waals surface area contributed by atoms with Crippen LogP contribution < -0.4 is 10.1 Å². The quantitative estimate of drug-likeness (QED) is 0.0557. The molecule has 12 aromatic rings. The third kappa shape index (κ3) is 16.2. The Kier molecular flexibility index (Phi) is 22.1. The number of carbonyl (C=O) groups is 1. The Hall–Kier alpha value is -10.7. The second-order valence-electron chi connectivity index (χ2n) is 30.1. The molecule has 0 atom stereocenters. The Balaban J connectivity index is 0.000000146. The average Bonchev–Trinajstić information content (AvgIpc) is 1.58. The molecule has 0 aliphatic carbocycles. The highest BCUT2D eigenvalue weighted by Gasteiger charge is 2.37. The van der Waals surface area contributed by atoms with Crippen molar-refractivity contribution in [1.82, 2.24) is 38.8 Å². The summed E-state index contributed by atoms with van der Waals surface area (Å²) in [4.78, 5) is 34.9. The molecule has 20 nitrogen and oxygen atoms in total. The highest BCUT2D eigenvalue weighted by atomic mass is 32.2. The van der Waals surface area contributed by atoms with Gasteiger partial charge in [-0.15, -0.1) is 0 Å². The number of rotatable bonds is 24. The number of ether oxygens (including phenoxy) is 4. The van der Waals surface area contributed by atoms with Gasteiger partial charge in [0.25, 0.3) is 5.91 Å². The Bertz CT molecular complexity index is 5810. The van der Waals surface area contributed by atoms with Gasteiger partial charge in [0, 0.05) is 178 Å². The molecule has 570 valence electrons. The molecule has 0 radical (unpaired) electrons. The molecule has 7 aromatic carbocycles. The van der Waals surface area contributed by atoms with Crippen molar-refractivity contribution in [2.45, 2.75) is 90.4 Å². The van der Waals surface area contributed by atoms with E-state index < -0.39 is 30.5 Å². The summed E-state index contributed by atoms with van der Waals surface area (Å²) >= 11 is 0. The van der Waals surface area contributed by atoms with Gasteiger partial charge < -0.3 is 38.0 Å². The van der Waals surface area contributed by atoms with E-state index in [-0.39, 0.29) is 53.4 Å². The number of hydrogen-bond acceptors (Lipinski definition) is 15. The number of methoxy groups -OCH3 is 4. The summed E-state index contributed by atoms with van der Waals surface area (Å²) in [6.45, 7) is 16.6. The van der Waals surface area contributed by atoms with Crippen LogP contribution in [0.15, 0.2) is 173 Å². The maximum Gasteiger partial charge on any atom is 0.316 e. The number of halogens is 3. The van der Waals surface area contributed by atoms with Crippen LogP contribution in [0.3, 0.4) is 0 Å². The second-order valence-corrected chi connectivity index (χ2v) is 34.6. The van der Waals surface area contributed by atoms with Crippen LogP contribution in [-0.4, -0.2) is 154 Å². The molecule has 1 amide bonds. The van der Waals surface area contributed by atoms with E-state index >= 15 is 0 Å². The molecule has 1 N–H and O–H groups in total. The molecular weight excluding hydrogens is 1440 g/mol. The number of nitrogens with one attached hydrogen (secondary N) is 1. The molecule has 0 bridgehead atoms. The first-order valence-corrected chi connectivity index (χ1v) is 40.1. The van der Waals surface area contributed by atoms with Gasteiger partial charge in [0.15, 0.2) is 0 Å². The molecule has 15 rings (SSSR count). The van der Waals surface area contributed by atoms with Crippen LogP contribution in [0.1, 0.15) is 109 Å². The summed E-state index contributed by atoms with van der Waals surface area (Å²) in [6, 6.07) is 40.3. The number of aliphatic imine (C=N–C) groups is 3. The molecule has 0 unspecified atom stereocenters. The predicted molar refractivity (Wildman–Crippen MR) is 429 cm³/mol. The van der Waals surface area contributed by atoms with E-state index in [1.165, 1.54) is 54.5 Å². The first-order valence-electron chi connectivity index (χ1n) is 36.0. The minimum atomic E-state index is -3.12. The number of benzene rings is 7. The van der Waals surface area contributed by atoms with Gasteiger partial charge in [-0.2, -0.15) is 5.10 Å². The van der Waals surface area contributed by atoms with Gasteiger partial charge in [-0.25, -0.2) is 40.0 Å². The molecule has 0 saturated carbocycles. The Morgan fingerprint density at radius 1 is 0.482 bits per heavy atom. The average molecular weight is 1530 g/mol. The summed E-state index contributed by atoms with van der Waals surface area (Å²) in [6.07, 6.45) is 15.7. The lowest BCUT2D eigenvalue weighted by molar-refractivity contribution is 0.0953. The van der Waals surface area contributed by atoms with E-state index in [0.717, 1.165) is 128 Å². The van der Waals surface area contributed by atoms with Crippen molar-refractivity contribution in [3.63, 3.8) is 0 Å². The van der Waals surface area contributed by atoms with Crippen LogP contribution in [0.4, 0.5) is 13.2 Å². The van der Waals surface area contributed by atoms with Gasteiger partial charge in [-0.05, 0) is 167 Å². The summed E-state index contributed by atoms with van der Waals surface area (Å²) in [5.74, 6) is -1.09. The van der Waals surface area contributed by atoms with Crippen LogP contribution in [0.5, 0.6) is 6.01 Å². The molecule has 8 heterocycles. The molecule has 0 spiro atoms. The summed E-state index contributed by atoms with van der Waals surface area (Å²) < 4.78 is 118. The fourth-order valence-corrected chi connectivity index (χ4v) is 16.4. The van der Waals surface area contributed by atoms with E-state index in [4.69, 9.17) is 18.9 Å². The van der Waals surface area contributed by atoms with Crippen molar-refractivity contribution in [2.75, 3.05) is 78.8 Å². The normalized spacial score (nSPS) is 13.2. The number of sulfone groups is 2. The zero-order chi connectivity index (χ0) is 78.2. The number of nitrogens with zero attached hydrogens (tertiary/aromatic N) is 10. The highest BCUT2D eigenvalue weighted by Crippen LogP contribution is 2.48. The lowest BCUT2D eigenvalue weighted by atomic mass is 9.84. The lowest BCUT2D eigenvalue weighted by Gasteiger charge is -2.28. The molecular formula is C85H88F3N11O9S2. The molecule has 3 aliphatic rings. The van der Waals surface area contributed by atoms with Gasteiger partial charge in [0.05, 0.1) is 87.4 Å². The third-order valence-electron chi connectivity index (χ3n) is 20.0. The number of amides is 1. The largest absolute Gasteiger partial charge is 0.467 e. The van der Waals surface area contributed by atoms with Gasteiger partial charge >= 0.3 is 6.01 Å². The van der Waals surface area contributed by atoms with E-state index in [2.05, 4.69) is 127 Å². The molecule has 25 heteroatoms. The van der Waals surface area contributed by atoms with E-state index in [1.807, 2.05) is 37.0 Å². The predicted octanol–water partition coefficient (Wildman–Crippen LogP) is 15.1. The summed E-state index contributed by atoms with van der Waals surface area (Å²) in [7, 11) is 0.418. The van der Waals surface area contributed by atoms with Crippen LogP contribution in [0.25, 0.3) is 83.2 Å². The van der Waals surface area contributed by atoms with Gasteiger partial charge in [-0.1, -0.05) is 53.7 Å². The Morgan fingerprint density at radius 3 is 1.22 bits per heavy atom. The van der Waals surface area contributed by atoms with Crippen molar-refractivity contribution in [3.8, 4) is 56.5 Å². The van der Waals surface area contributed by atoms with Crippen molar-refractivity contribution in [2.24, 2.45) is 15.0 Å². The van der Waals surface area contributed by atoms with Crippen molar-refractivity contribution in [1.29, 1.82) is 0 Å². The fraction of sp³-hybridized carbons (Fsp3) is 0.306. The highest BCUT2D eigenvalue weighted by molar-refractivity contribution is 7.90. The van der Waals surface area contributed by atoms with Crippen LogP contribution in [-0.2, 0) is 76.3 Å². The SMILES string of the molecule is COCC(C)(C)c1c(-c2ccc(C(=O)NCCCS(C)(=O)=O)cc2)c2cc3c(cc2n1-c1ccc(F)cc1)C=NC3.COCC(C)(C)c1c(-c2cnc(OC)nc2)c2cc3c(cc2n1-c1ccc(F)cc1)C=NC3.COCC(C)(C)c1c(-c2cnn(CCS(C)(=O)=O)c2)c2cc3c(cc2n1-c1ccc(F)cc1)C=NC3. The fourth-order valence-electron chi connectivity index (χ4n) is 15.2. The van der Waals surface area contributed by atoms with Crippen molar-refractivity contribution >= 4 is 76.9 Å². The number of carbonyl (C=O) groups excluding carboxylic acids is 1. The third-order valence-corrected chi connectivity index (χ3v) is 21.9. The van der Waals surface area contributed by atoms with Crippen LogP contribution >= 0.6 is 0 Å². The smallest absolute Gasteiger partial charge is 0.316 e.